The molecule has 0 saturated heterocycles. The van der Waals surface area contributed by atoms with Crippen molar-refractivity contribution >= 4 is 5.97 Å². The molecule has 3 nitrogen and oxygen atoms in total. The van der Waals surface area contributed by atoms with Crippen molar-refractivity contribution in [3.05, 3.63) is 0 Å². The van der Waals surface area contributed by atoms with E-state index in [4.69, 9.17) is 4.74 Å². The van der Waals surface area contributed by atoms with Gasteiger partial charge in [-0.15, -0.1) is 0 Å². The van der Waals surface area contributed by atoms with Gasteiger partial charge in [0, 0.05) is 6.04 Å². The van der Waals surface area contributed by atoms with Gasteiger partial charge in [0.15, 0.2) is 0 Å². The lowest BCUT2D eigenvalue weighted by Crippen LogP contribution is -2.61. The molecule has 0 spiro atoms. The Balaban J connectivity index is 2.96. The molecule has 0 aromatic carbocycles. The lowest BCUT2D eigenvalue weighted by atomic mass is 9.74. The van der Waals surface area contributed by atoms with Crippen molar-refractivity contribution in [2.45, 2.75) is 71.9 Å². The maximum absolute atomic E-state index is 12.3. The summed E-state index contributed by atoms with van der Waals surface area (Å²) >= 11 is 0. The van der Waals surface area contributed by atoms with Crippen LogP contribution in [0.5, 0.6) is 0 Å². The molecular formula is C14H27NO2. The molecule has 0 aliphatic heterocycles. The quantitative estimate of drug-likeness (QED) is 0.752. The summed E-state index contributed by atoms with van der Waals surface area (Å²) in [4.78, 5) is 12.3. The lowest BCUT2D eigenvalue weighted by Gasteiger charge is -2.41. The van der Waals surface area contributed by atoms with Gasteiger partial charge in [-0.2, -0.15) is 0 Å². The first-order chi connectivity index (χ1) is 7.89. The zero-order chi connectivity index (χ0) is 13.1. The van der Waals surface area contributed by atoms with Gasteiger partial charge < -0.3 is 4.74 Å². The lowest BCUT2D eigenvalue weighted by molar-refractivity contribution is -0.156. The van der Waals surface area contributed by atoms with Crippen molar-refractivity contribution in [2.75, 3.05) is 6.61 Å². The predicted octanol–water partition coefficient (Wildman–Crippen LogP) is 2.89. The highest BCUT2D eigenvalue weighted by Crippen LogP contribution is 2.47. The van der Waals surface area contributed by atoms with E-state index in [2.05, 4.69) is 33.0 Å². The van der Waals surface area contributed by atoms with Crippen LogP contribution in [0, 0.1) is 5.41 Å². The van der Waals surface area contributed by atoms with Crippen LogP contribution in [0.3, 0.4) is 0 Å². The minimum Gasteiger partial charge on any atom is -0.465 e. The summed E-state index contributed by atoms with van der Waals surface area (Å²) in [5.74, 6) is -0.0669. The molecule has 0 radical (unpaired) electrons. The monoisotopic (exact) mass is 241 g/mol. The molecule has 1 rings (SSSR count). The molecule has 0 aromatic rings. The molecule has 1 aliphatic carbocycles. The minimum atomic E-state index is -0.488. The van der Waals surface area contributed by atoms with E-state index in [0.29, 0.717) is 12.6 Å². The number of rotatable bonds is 5. The molecule has 2 unspecified atom stereocenters. The van der Waals surface area contributed by atoms with Gasteiger partial charge in [0.2, 0.25) is 0 Å². The highest BCUT2D eigenvalue weighted by Gasteiger charge is 2.55. The van der Waals surface area contributed by atoms with Crippen LogP contribution in [-0.4, -0.2) is 24.2 Å². The molecule has 2 atom stereocenters. The number of nitrogens with one attached hydrogen (secondary N) is 1. The number of esters is 1. The zero-order valence-electron chi connectivity index (χ0n) is 11.9. The Morgan fingerprint density at radius 2 is 2.00 bits per heavy atom. The zero-order valence-corrected chi connectivity index (χ0v) is 11.9. The van der Waals surface area contributed by atoms with Gasteiger partial charge >= 0.3 is 5.97 Å². The van der Waals surface area contributed by atoms with Crippen molar-refractivity contribution in [1.29, 1.82) is 0 Å². The van der Waals surface area contributed by atoms with Crippen LogP contribution in [0.1, 0.15) is 60.3 Å². The second-order valence-corrected chi connectivity index (χ2v) is 5.82. The fraction of sp³-hybridized carbons (Fsp3) is 0.929. The molecule has 0 amide bonds. The number of ether oxygens (including phenoxy) is 1. The normalized spacial score (nSPS) is 29.0. The minimum absolute atomic E-state index is 0.0251. The Kier molecular flexibility index (Phi) is 4.59. The molecule has 100 valence electrons. The Bertz CT molecular complexity index is 275. The Labute approximate surface area is 105 Å². The summed E-state index contributed by atoms with van der Waals surface area (Å²) in [6.07, 6.45) is 4.09. The van der Waals surface area contributed by atoms with E-state index in [1.54, 1.807) is 0 Å². The third-order valence-electron chi connectivity index (χ3n) is 4.24. The summed E-state index contributed by atoms with van der Waals surface area (Å²) in [7, 11) is 0. The third-order valence-corrected chi connectivity index (χ3v) is 4.24. The topological polar surface area (TPSA) is 38.3 Å². The van der Waals surface area contributed by atoms with E-state index >= 15 is 0 Å². The number of hydrogen-bond donors (Lipinski definition) is 1. The second-order valence-electron chi connectivity index (χ2n) is 5.82. The van der Waals surface area contributed by atoms with Crippen LogP contribution < -0.4 is 5.32 Å². The summed E-state index contributed by atoms with van der Waals surface area (Å²) in [5, 5.41) is 3.54. The van der Waals surface area contributed by atoms with E-state index in [0.717, 1.165) is 25.7 Å². The smallest absolute Gasteiger partial charge is 0.326 e. The molecule has 17 heavy (non-hydrogen) atoms. The fourth-order valence-corrected chi connectivity index (χ4v) is 2.83. The summed E-state index contributed by atoms with van der Waals surface area (Å²) in [6.45, 7) is 10.9. The summed E-state index contributed by atoms with van der Waals surface area (Å²) in [6, 6.07) is 0.344. The van der Waals surface area contributed by atoms with E-state index in [-0.39, 0.29) is 11.4 Å². The van der Waals surface area contributed by atoms with Crippen molar-refractivity contribution in [1.82, 2.24) is 5.32 Å². The summed E-state index contributed by atoms with van der Waals surface area (Å²) in [5.41, 5.74) is -0.513. The van der Waals surface area contributed by atoms with E-state index in [1.807, 2.05) is 6.92 Å². The first-order valence-electron chi connectivity index (χ1n) is 6.84. The average molecular weight is 241 g/mol. The van der Waals surface area contributed by atoms with Crippen molar-refractivity contribution < 1.29 is 9.53 Å². The maximum atomic E-state index is 12.3. The summed E-state index contributed by atoms with van der Waals surface area (Å²) < 4.78 is 5.31. The molecule has 0 bridgehead atoms. The third kappa shape index (κ3) is 2.65. The van der Waals surface area contributed by atoms with Gasteiger partial charge in [-0.3, -0.25) is 10.1 Å². The van der Waals surface area contributed by atoms with E-state index in [9.17, 15) is 4.79 Å². The average Bonchev–Trinajstić information content (AvgIpc) is 2.55. The van der Waals surface area contributed by atoms with Crippen molar-refractivity contribution in [2.24, 2.45) is 5.41 Å². The number of carbonyl (C=O) groups is 1. The molecule has 3 heteroatoms. The van der Waals surface area contributed by atoms with Gasteiger partial charge in [0.25, 0.3) is 0 Å². The predicted molar refractivity (Wildman–Crippen MR) is 69.9 cm³/mol. The maximum Gasteiger partial charge on any atom is 0.326 e. The van der Waals surface area contributed by atoms with Gasteiger partial charge in [0.1, 0.15) is 5.54 Å². The molecule has 1 aliphatic rings. The van der Waals surface area contributed by atoms with Crippen LogP contribution in [0.2, 0.25) is 0 Å². The number of carbonyl (C=O) groups excluding carboxylic acids is 1. The highest BCUT2D eigenvalue weighted by molar-refractivity contribution is 5.82. The van der Waals surface area contributed by atoms with Crippen molar-refractivity contribution in [3.63, 3.8) is 0 Å². The van der Waals surface area contributed by atoms with E-state index < -0.39 is 5.54 Å². The van der Waals surface area contributed by atoms with Gasteiger partial charge in [-0.1, -0.05) is 27.2 Å². The van der Waals surface area contributed by atoms with Crippen LogP contribution >= 0.6 is 0 Å². The largest absolute Gasteiger partial charge is 0.465 e. The molecular weight excluding hydrogens is 214 g/mol. The van der Waals surface area contributed by atoms with Crippen LogP contribution in [0.15, 0.2) is 0 Å². The van der Waals surface area contributed by atoms with Crippen molar-refractivity contribution in [3.8, 4) is 0 Å². The van der Waals surface area contributed by atoms with Gasteiger partial charge in [0.05, 0.1) is 6.61 Å². The fourth-order valence-electron chi connectivity index (χ4n) is 2.83. The SMILES string of the molecule is CCOC(=O)C1(NC(C)CC)CCCC1(C)C. The first-order valence-corrected chi connectivity index (χ1v) is 6.84. The van der Waals surface area contributed by atoms with Gasteiger partial charge in [-0.05, 0) is 38.5 Å². The number of hydrogen-bond acceptors (Lipinski definition) is 3. The molecule has 0 aromatic heterocycles. The van der Waals surface area contributed by atoms with Crippen LogP contribution in [0.4, 0.5) is 0 Å². The Morgan fingerprint density at radius 1 is 1.35 bits per heavy atom. The Morgan fingerprint density at radius 3 is 2.41 bits per heavy atom. The molecule has 1 saturated carbocycles. The van der Waals surface area contributed by atoms with E-state index in [1.165, 1.54) is 0 Å². The Hall–Kier alpha value is -0.570. The van der Waals surface area contributed by atoms with Gasteiger partial charge in [-0.25, -0.2) is 0 Å². The highest BCUT2D eigenvalue weighted by atomic mass is 16.5. The molecule has 1 N–H and O–H groups in total. The van der Waals surface area contributed by atoms with Crippen LogP contribution in [0.25, 0.3) is 0 Å². The first kappa shape index (κ1) is 14.5. The second kappa shape index (κ2) is 5.38. The molecule has 1 fully saturated rings. The van der Waals surface area contributed by atoms with Crippen LogP contribution in [-0.2, 0) is 9.53 Å². The molecule has 0 heterocycles. The standard InChI is InChI=1S/C14H27NO2/c1-6-11(3)15-14(12(16)17-7-2)10-8-9-13(14,4)5/h11,15H,6-10H2,1-5H3.